The third kappa shape index (κ3) is 2.45. The molecule has 1 atom stereocenters. The van der Waals surface area contributed by atoms with Crippen LogP contribution in [-0.4, -0.2) is 5.91 Å². The Morgan fingerprint density at radius 1 is 1.20 bits per heavy atom. The summed E-state index contributed by atoms with van der Waals surface area (Å²) in [7, 11) is 0. The molecule has 3 rings (SSSR count). The van der Waals surface area contributed by atoms with Crippen LogP contribution in [0.1, 0.15) is 21.5 Å². The molecule has 5 heteroatoms. The lowest BCUT2D eigenvalue weighted by Crippen LogP contribution is -2.03. The Morgan fingerprint density at radius 3 is 2.65 bits per heavy atom. The van der Waals surface area contributed by atoms with E-state index in [9.17, 15) is 9.18 Å². The van der Waals surface area contributed by atoms with Crippen LogP contribution in [0.3, 0.4) is 0 Å². The zero-order chi connectivity index (χ0) is 14.3. The number of hydrogen-bond acceptors (Lipinski definition) is 1. The zero-order valence-corrected chi connectivity index (χ0v) is 12.6. The van der Waals surface area contributed by atoms with Crippen molar-refractivity contribution < 1.29 is 9.18 Å². The highest BCUT2D eigenvalue weighted by atomic mass is 79.9. The van der Waals surface area contributed by atoms with Crippen LogP contribution in [-0.2, 0) is 11.2 Å². The first-order chi connectivity index (χ1) is 9.54. The second-order valence-electron chi connectivity index (χ2n) is 4.68. The minimum atomic E-state index is -0.438. The number of alkyl halides is 1. The van der Waals surface area contributed by atoms with Crippen LogP contribution in [0, 0.1) is 5.82 Å². The first-order valence-electron chi connectivity index (χ1n) is 6.06. The van der Waals surface area contributed by atoms with E-state index in [1.54, 1.807) is 12.1 Å². The normalized spacial score (nSPS) is 14.8. The van der Waals surface area contributed by atoms with Crippen molar-refractivity contribution in [2.75, 3.05) is 5.32 Å². The molecular weight excluding hydrogens is 345 g/mol. The lowest BCUT2D eigenvalue weighted by atomic mass is 10.0. The second-order valence-corrected chi connectivity index (χ2v) is 6.00. The summed E-state index contributed by atoms with van der Waals surface area (Å²) < 4.78 is 13.5. The summed E-state index contributed by atoms with van der Waals surface area (Å²) >= 11 is 9.25. The van der Waals surface area contributed by atoms with Crippen LogP contribution < -0.4 is 5.32 Å². The minimum absolute atomic E-state index is 0.000750. The highest BCUT2D eigenvalue weighted by Gasteiger charge is 2.20. The topological polar surface area (TPSA) is 29.1 Å². The maximum absolute atomic E-state index is 13.5. The van der Waals surface area contributed by atoms with E-state index in [4.69, 9.17) is 11.6 Å². The number of nitrogens with one attached hydrogen (secondary N) is 1. The fourth-order valence-corrected chi connectivity index (χ4v) is 2.96. The predicted octanol–water partition coefficient (Wildman–Crippen LogP) is 4.46. The van der Waals surface area contributed by atoms with Gasteiger partial charge >= 0.3 is 0 Å². The Hall–Kier alpha value is -1.39. The number of rotatable bonds is 2. The number of carbonyl (C=O) groups excluding carboxylic acids is 1. The molecule has 1 N–H and O–H groups in total. The zero-order valence-electron chi connectivity index (χ0n) is 10.3. The van der Waals surface area contributed by atoms with E-state index in [2.05, 4.69) is 21.2 Å². The van der Waals surface area contributed by atoms with Gasteiger partial charge in [-0.3, -0.25) is 4.79 Å². The Morgan fingerprint density at radius 2 is 1.90 bits per heavy atom. The molecule has 1 aliphatic heterocycles. The van der Waals surface area contributed by atoms with Gasteiger partial charge in [0.05, 0.1) is 16.3 Å². The Kier molecular flexibility index (Phi) is 3.52. The van der Waals surface area contributed by atoms with Crippen molar-refractivity contribution in [2.45, 2.75) is 11.2 Å². The van der Waals surface area contributed by atoms with Crippen LogP contribution in [0.5, 0.6) is 0 Å². The predicted molar refractivity (Wildman–Crippen MR) is 81.0 cm³/mol. The van der Waals surface area contributed by atoms with E-state index in [-0.39, 0.29) is 15.8 Å². The first-order valence-corrected chi connectivity index (χ1v) is 7.35. The number of hydrogen-bond donors (Lipinski definition) is 1. The molecule has 0 aliphatic carbocycles. The first kappa shape index (κ1) is 13.6. The molecule has 1 heterocycles. The Bertz CT molecular complexity index is 704. The van der Waals surface area contributed by atoms with Gasteiger partial charge in [-0.1, -0.05) is 45.7 Å². The largest absolute Gasteiger partial charge is 0.326 e. The molecule has 102 valence electrons. The van der Waals surface area contributed by atoms with Crippen molar-refractivity contribution in [3.05, 3.63) is 63.9 Å². The number of fused-ring (bicyclic) bond motifs is 1. The average Bonchev–Trinajstić information content (AvgIpc) is 2.80. The van der Waals surface area contributed by atoms with Gasteiger partial charge in [-0.15, -0.1) is 0 Å². The molecule has 1 aliphatic rings. The van der Waals surface area contributed by atoms with Gasteiger partial charge < -0.3 is 5.32 Å². The second kappa shape index (κ2) is 5.19. The number of amides is 1. The maximum atomic E-state index is 13.5. The molecule has 1 unspecified atom stereocenters. The molecule has 0 saturated heterocycles. The van der Waals surface area contributed by atoms with Gasteiger partial charge in [0.15, 0.2) is 0 Å². The quantitative estimate of drug-likeness (QED) is 0.793. The van der Waals surface area contributed by atoms with Crippen molar-refractivity contribution in [3.8, 4) is 0 Å². The van der Waals surface area contributed by atoms with Crippen molar-refractivity contribution >= 4 is 39.1 Å². The molecule has 0 fully saturated rings. The van der Waals surface area contributed by atoms with E-state index in [1.165, 1.54) is 6.07 Å². The van der Waals surface area contributed by atoms with E-state index in [0.717, 1.165) is 22.4 Å². The molecule has 2 aromatic carbocycles. The van der Waals surface area contributed by atoms with Gasteiger partial charge in [-0.05, 0) is 34.9 Å². The summed E-state index contributed by atoms with van der Waals surface area (Å²) in [5.41, 5.74) is 3.57. The molecule has 0 saturated carbocycles. The van der Waals surface area contributed by atoms with Gasteiger partial charge in [0, 0.05) is 5.69 Å². The maximum Gasteiger partial charge on any atom is 0.228 e. The standard InChI is InChI=1S/C15H10BrClFNO/c16-15(9-1-3-11(17)12(18)6-9)8-2-4-13-10(5-8)7-14(20)19-13/h1-6,15H,7H2,(H,19,20). The summed E-state index contributed by atoms with van der Waals surface area (Å²) in [6.07, 6.45) is 0.387. The molecule has 2 nitrogen and oxygen atoms in total. The smallest absolute Gasteiger partial charge is 0.228 e. The van der Waals surface area contributed by atoms with Gasteiger partial charge in [-0.2, -0.15) is 0 Å². The molecule has 2 aromatic rings. The van der Waals surface area contributed by atoms with Crippen LogP contribution in [0.15, 0.2) is 36.4 Å². The van der Waals surface area contributed by atoms with E-state index in [1.807, 2.05) is 18.2 Å². The van der Waals surface area contributed by atoms with Gasteiger partial charge in [-0.25, -0.2) is 4.39 Å². The van der Waals surface area contributed by atoms with Crippen molar-refractivity contribution in [2.24, 2.45) is 0 Å². The van der Waals surface area contributed by atoms with Crippen molar-refractivity contribution in [1.29, 1.82) is 0 Å². The fraction of sp³-hybridized carbons (Fsp3) is 0.133. The van der Waals surface area contributed by atoms with Crippen LogP contribution >= 0.6 is 27.5 Å². The number of anilines is 1. The monoisotopic (exact) mass is 353 g/mol. The number of benzene rings is 2. The molecule has 1 amide bonds. The summed E-state index contributed by atoms with van der Waals surface area (Å²) in [6, 6.07) is 10.5. The van der Waals surface area contributed by atoms with E-state index in [0.29, 0.717) is 6.42 Å². The van der Waals surface area contributed by atoms with Crippen LogP contribution in [0.4, 0.5) is 10.1 Å². The summed E-state index contributed by atoms with van der Waals surface area (Å²) in [4.78, 5) is 11.2. The average molecular weight is 355 g/mol. The van der Waals surface area contributed by atoms with E-state index < -0.39 is 5.82 Å². The van der Waals surface area contributed by atoms with Crippen molar-refractivity contribution in [3.63, 3.8) is 0 Å². The summed E-state index contributed by atoms with van der Waals surface area (Å²) in [5, 5.41) is 2.90. The molecule has 0 spiro atoms. The highest BCUT2D eigenvalue weighted by Crippen LogP contribution is 2.35. The molecular formula is C15H10BrClFNO. The van der Waals surface area contributed by atoms with Crippen LogP contribution in [0.25, 0.3) is 0 Å². The lowest BCUT2D eigenvalue weighted by Gasteiger charge is -2.12. The molecule has 20 heavy (non-hydrogen) atoms. The molecule has 0 aromatic heterocycles. The van der Waals surface area contributed by atoms with E-state index >= 15 is 0 Å². The third-order valence-corrected chi connectivity index (χ3v) is 4.65. The SMILES string of the molecule is O=C1Cc2cc(C(Br)c3ccc(Cl)c(F)c3)ccc2N1. The Balaban J connectivity index is 1.94. The molecule has 0 radical (unpaired) electrons. The fourth-order valence-electron chi connectivity index (χ4n) is 2.27. The molecule has 0 bridgehead atoms. The lowest BCUT2D eigenvalue weighted by molar-refractivity contribution is -0.115. The van der Waals surface area contributed by atoms with Gasteiger partial charge in [0.1, 0.15) is 5.82 Å². The number of carbonyl (C=O) groups is 1. The van der Waals surface area contributed by atoms with Crippen LogP contribution in [0.2, 0.25) is 5.02 Å². The Labute approximate surface area is 129 Å². The highest BCUT2D eigenvalue weighted by molar-refractivity contribution is 9.09. The number of halogens is 3. The van der Waals surface area contributed by atoms with Gasteiger partial charge in [0.2, 0.25) is 5.91 Å². The third-order valence-electron chi connectivity index (χ3n) is 3.28. The summed E-state index contributed by atoms with van der Waals surface area (Å²) in [5.74, 6) is -0.438. The minimum Gasteiger partial charge on any atom is -0.326 e. The van der Waals surface area contributed by atoms with Crippen molar-refractivity contribution in [1.82, 2.24) is 0 Å². The summed E-state index contributed by atoms with van der Waals surface area (Å²) in [6.45, 7) is 0. The van der Waals surface area contributed by atoms with Gasteiger partial charge in [0.25, 0.3) is 0 Å².